The first-order valence-electron chi connectivity index (χ1n) is 12.8. The number of likely N-dealkylation sites (tertiary alicyclic amines) is 1. The molecule has 1 aromatic rings. The van der Waals surface area contributed by atoms with Crippen molar-refractivity contribution < 1.29 is 9.13 Å². The Labute approximate surface area is 210 Å². The number of nitrogens with one attached hydrogen (secondary N) is 1. The molecule has 0 radical (unpaired) electrons. The number of piperidine rings is 1. The van der Waals surface area contributed by atoms with Crippen molar-refractivity contribution in [2.75, 3.05) is 24.7 Å². The fraction of sp³-hybridized carbons (Fsp3) is 0.536. The van der Waals surface area contributed by atoms with E-state index in [9.17, 15) is 4.39 Å². The Morgan fingerprint density at radius 1 is 1.20 bits per heavy atom. The first-order chi connectivity index (χ1) is 17.0. The molecule has 1 N–H and O–H groups in total. The maximum absolute atomic E-state index is 13.4. The first kappa shape index (κ1) is 28.3. The number of rotatable bonds is 11. The Hall–Kier alpha value is -2.96. The van der Waals surface area contributed by atoms with Crippen molar-refractivity contribution in [2.45, 2.75) is 66.2 Å². The van der Waals surface area contributed by atoms with Gasteiger partial charge in [-0.2, -0.15) is 5.10 Å². The molecule has 192 valence electrons. The Balaban J connectivity index is 0.000000258. The van der Waals surface area contributed by atoms with E-state index in [4.69, 9.17) is 15.1 Å². The third kappa shape index (κ3) is 8.96. The number of nitrogens with zero attached hydrogens (tertiary/aromatic N) is 4. The van der Waals surface area contributed by atoms with Crippen LogP contribution in [-0.4, -0.2) is 43.9 Å². The van der Waals surface area contributed by atoms with Gasteiger partial charge in [-0.3, -0.25) is 5.41 Å². The van der Waals surface area contributed by atoms with Crippen molar-refractivity contribution in [3.8, 4) is 5.75 Å². The molecule has 1 saturated heterocycles. The number of ether oxygens (including phenoxy) is 1. The molecule has 0 aromatic heterocycles. The van der Waals surface area contributed by atoms with Crippen LogP contribution >= 0.6 is 0 Å². The van der Waals surface area contributed by atoms with Gasteiger partial charge in [-0.15, -0.1) is 0 Å². The zero-order valence-electron chi connectivity index (χ0n) is 21.8. The largest absolute Gasteiger partial charge is 0.491 e. The fourth-order valence-corrected chi connectivity index (χ4v) is 4.23. The highest BCUT2D eigenvalue weighted by atomic mass is 19.1. The fourth-order valence-electron chi connectivity index (χ4n) is 4.23. The molecule has 1 heterocycles. The van der Waals surface area contributed by atoms with Crippen LogP contribution in [0.25, 0.3) is 0 Å². The maximum atomic E-state index is 13.4. The van der Waals surface area contributed by atoms with Crippen molar-refractivity contribution in [1.29, 1.82) is 5.41 Å². The summed E-state index contributed by atoms with van der Waals surface area (Å²) in [5.74, 6) is 2.96. The Morgan fingerprint density at radius 3 is 2.37 bits per heavy atom. The van der Waals surface area contributed by atoms with Crippen LogP contribution in [-0.2, 0) is 0 Å². The predicted octanol–water partition coefficient (Wildman–Crippen LogP) is 7.04. The lowest BCUT2D eigenvalue weighted by Crippen LogP contribution is -2.33. The molecule has 1 aromatic carbocycles. The molecule has 35 heavy (non-hydrogen) atoms. The monoisotopic (exact) mass is 483 g/mol. The number of hydrogen-bond acceptors (Lipinski definition) is 5. The quantitative estimate of drug-likeness (QED) is 0.208. The molecule has 2 aliphatic rings. The summed E-state index contributed by atoms with van der Waals surface area (Å²) in [6.07, 6.45) is 15.3. The molecule has 0 spiro atoms. The summed E-state index contributed by atoms with van der Waals surface area (Å²) in [6, 6.07) is 4.34. The van der Waals surface area contributed by atoms with E-state index in [1.54, 1.807) is 13.0 Å². The summed E-state index contributed by atoms with van der Waals surface area (Å²) >= 11 is 0. The van der Waals surface area contributed by atoms with Gasteiger partial charge >= 0.3 is 0 Å². The van der Waals surface area contributed by atoms with Gasteiger partial charge in [0.25, 0.3) is 0 Å². The molecule has 7 heteroatoms. The standard InChI is InChI=1S/C18H30N2.C10H12FN3O/c1-4-7-18(19-14-15(5-2)6-3)20-12-10-17(11-13-20)16-8-9-16;1-3-15-10-5-4-8(6-9(10)11)14(7-12)13-2/h5,7,14,16-17H,4,6,8-13H2,1-3H3;4-7,12H,2-3H2,1H3/b15-5-,18-7-,19-14-;. The van der Waals surface area contributed by atoms with E-state index in [-0.39, 0.29) is 5.75 Å². The molecule has 1 aliphatic heterocycles. The summed E-state index contributed by atoms with van der Waals surface area (Å²) in [6.45, 7) is 14.3. The lowest BCUT2D eigenvalue weighted by Gasteiger charge is -2.33. The highest BCUT2D eigenvalue weighted by molar-refractivity contribution is 5.79. The predicted molar refractivity (Wildman–Crippen MR) is 146 cm³/mol. The summed E-state index contributed by atoms with van der Waals surface area (Å²) < 4.78 is 18.4. The average molecular weight is 484 g/mol. The smallest absolute Gasteiger partial charge is 0.167 e. The molecule has 0 bridgehead atoms. The van der Waals surface area contributed by atoms with E-state index in [1.165, 1.54) is 62.3 Å². The minimum absolute atomic E-state index is 0.190. The number of aliphatic imine (C=N–C) groups is 1. The van der Waals surface area contributed by atoms with Gasteiger partial charge in [-0.1, -0.05) is 19.9 Å². The highest BCUT2D eigenvalue weighted by Gasteiger charge is 2.33. The van der Waals surface area contributed by atoms with Crippen molar-refractivity contribution in [3.05, 3.63) is 47.6 Å². The van der Waals surface area contributed by atoms with Crippen molar-refractivity contribution in [2.24, 2.45) is 21.9 Å². The zero-order valence-corrected chi connectivity index (χ0v) is 21.8. The van der Waals surface area contributed by atoms with Crippen LogP contribution in [0.2, 0.25) is 0 Å². The van der Waals surface area contributed by atoms with Gasteiger partial charge in [0.05, 0.1) is 12.3 Å². The topological polar surface area (TPSA) is 64.3 Å². The van der Waals surface area contributed by atoms with E-state index >= 15 is 0 Å². The number of benzene rings is 1. The van der Waals surface area contributed by atoms with Crippen LogP contribution in [0.3, 0.4) is 0 Å². The van der Waals surface area contributed by atoms with Crippen LogP contribution in [0.15, 0.2) is 51.8 Å². The normalized spacial score (nSPS) is 17.1. The molecule has 1 aliphatic carbocycles. The van der Waals surface area contributed by atoms with Crippen molar-refractivity contribution in [1.82, 2.24) is 4.90 Å². The molecule has 0 atom stereocenters. The second-order valence-electron chi connectivity index (χ2n) is 8.77. The SMILES string of the molecule is C=NN(C=N)c1ccc(OCC)c(F)c1.C\C=C(/C=N\C(=C\CC)N1CCC(C2CC2)CC1)CC. The molecule has 2 fully saturated rings. The lowest BCUT2D eigenvalue weighted by molar-refractivity contribution is 0.209. The van der Waals surface area contributed by atoms with Crippen LogP contribution in [0.4, 0.5) is 10.1 Å². The summed E-state index contributed by atoms with van der Waals surface area (Å²) in [5.41, 5.74) is 1.75. The number of anilines is 1. The second-order valence-corrected chi connectivity index (χ2v) is 8.77. The summed E-state index contributed by atoms with van der Waals surface area (Å²) in [4.78, 5) is 7.25. The number of hydrazone groups is 1. The van der Waals surface area contributed by atoms with Crippen molar-refractivity contribution >= 4 is 25.0 Å². The van der Waals surface area contributed by atoms with E-state index < -0.39 is 5.82 Å². The minimum Gasteiger partial charge on any atom is -0.491 e. The summed E-state index contributed by atoms with van der Waals surface area (Å²) in [7, 11) is 0. The van der Waals surface area contributed by atoms with Crippen LogP contribution in [0.1, 0.15) is 66.2 Å². The van der Waals surface area contributed by atoms with Gasteiger partial charge in [0.15, 0.2) is 11.6 Å². The zero-order chi connectivity index (χ0) is 25.6. The van der Waals surface area contributed by atoms with Gasteiger partial charge in [-0.05, 0) is 88.0 Å². The van der Waals surface area contributed by atoms with E-state index in [0.29, 0.717) is 12.3 Å². The third-order valence-corrected chi connectivity index (χ3v) is 6.44. The molecule has 0 amide bonds. The first-order valence-corrected chi connectivity index (χ1v) is 12.8. The van der Waals surface area contributed by atoms with Gasteiger partial charge in [0.2, 0.25) is 0 Å². The van der Waals surface area contributed by atoms with Crippen LogP contribution < -0.4 is 9.75 Å². The molecule has 0 unspecified atom stereocenters. The Bertz CT molecular complexity index is 891. The van der Waals surface area contributed by atoms with E-state index in [0.717, 1.165) is 36.0 Å². The van der Waals surface area contributed by atoms with E-state index in [1.807, 2.05) is 0 Å². The Kier molecular flexibility index (Phi) is 12.2. The van der Waals surface area contributed by atoms with Gasteiger partial charge in [0, 0.05) is 32.1 Å². The van der Waals surface area contributed by atoms with Crippen LogP contribution in [0, 0.1) is 23.1 Å². The maximum Gasteiger partial charge on any atom is 0.167 e. The van der Waals surface area contributed by atoms with Gasteiger partial charge in [0.1, 0.15) is 12.2 Å². The van der Waals surface area contributed by atoms with Gasteiger partial charge in [-0.25, -0.2) is 14.4 Å². The number of allylic oxidation sites excluding steroid dienone is 3. The third-order valence-electron chi connectivity index (χ3n) is 6.44. The number of halogens is 1. The molecular formula is C28H42FN5O. The second kappa shape index (κ2) is 15.1. The van der Waals surface area contributed by atoms with E-state index in [2.05, 4.69) is 55.9 Å². The average Bonchev–Trinajstić information content (AvgIpc) is 3.73. The van der Waals surface area contributed by atoms with Crippen molar-refractivity contribution in [3.63, 3.8) is 0 Å². The lowest BCUT2D eigenvalue weighted by atomic mass is 9.92. The van der Waals surface area contributed by atoms with Gasteiger partial charge < -0.3 is 9.64 Å². The Morgan fingerprint density at radius 2 is 1.89 bits per heavy atom. The number of hydrogen-bond donors (Lipinski definition) is 1. The summed E-state index contributed by atoms with van der Waals surface area (Å²) in [5, 5.41) is 11.7. The minimum atomic E-state index is -0.482. The van der Waals surface area contributed by atoms with Crippen LogP contribution in [0.5, 0.6) is 5.75 Å². The molecule has 1 saturated carbocycles. The highest BCUT2D eigenvalue weighted by Crippen LogP contribution is 2.42. The molecular weight excluding hydrogens is 441 g/mol. The molecule has 3 rings (SSSR count). The molecule has 6 nitrogen and oxygen atoms in total.